The average molecular weight is 733 g/mol. The Labute approximate surface area is 301 Å². The van der Waals surface area contributed by atoms with Crippen LogP contribution in [0.1, 0.15) is 86.0 Å². The maximum Gasteiger partial charge on any atom is 0.189 e. The first-order valence-electron chi connectivity index (χ1n) is 19.2. The fourth-order valence-electron chi connectivity index (χ4n) is 12.1. The van der Waals surface area contributed by atoms with E-state index in [0.29, 0.717) is 32.1 Å². The van der Waals surface area contributed by atoms with E-state index in [9.17, 15) is 46.0 Å². The van der Waals surface area contributed by atoms with Crippen LogP contribution in [0.25, 0.3) is 0 Å². The molecule has 0 spiro atoms. The van der Waals surface area contributed by atoms with Crippen molar-refractivity contribution in [2.45, 2.75) is 171 Å². The lowest BCUT2D eigenvalue weighted by molar-refractivity contribution is -0.320. The molecule has 6 rings (SSSR count). The molecule has 2 heterocycles. The van der Waals surface area contributed by atoms with Crippen molar-refractivity contribution in [1.29, 1.82) is 0 Å². The Balaban J connectivity index is 1.14. The average Bonchev–Trinajstić information content (AvgIpc) is 3.48. The minimum absolute atomic E-state index is 0.0241. The van der Waals surface area contributed by atoms with E-state index >= 15 is 0 Å². The summed E-state index contributed by atoms with van der Waals surface area (Å²) in [6, 6.07) is 0. The molecule has 2 saturated heterocycles. The SMILES string of the molecule is COC1C(O)[C@H](O)CO[C@H]1O[C@H]1CC[C@@]2(C)[C@H]([C@H]1O)[C@H](O)C[C@]1(O)[C@@H]2CC[C@]2(C)[C@@H]([C@H](C)CC[C@H](O[C@@H]3O[C@@H](O)C(O)C3O)C(C)C)C[C@H](O)[C@H]21. The van der Waals surface area contributed by atoms with Crippen LogP contribution in [0.5, 0.6) is 0 Å². The number of ether oxygens (including phenoxy) is 5. The summed E-state index contributed by atoms with van der Waals surface area (Å²) in [6.07, 6.45) is -9.32. The third kappa shape index (κ3) is 6.74. The van der Waals surface area contributed by atoms with Crippen molar-refractivity contribution < 1.29 is 69.6 Å². The molecule has 6 fully saturated rings. The third-order valence-electron chi connectivity index (χ3n) is 14.6. The lowest BCUT2D eigenvalue weighted by atomic mass is 9.41. The Hall–Kier alpha value is -0.560. The number of aliphatic hydroxyl groups is 9. The van der Waals surface area contributed by atoms with Gasteiger partial charge in [-0.05, 0) is 79.4 Å². The maximum atomic E-state index is 12.8. The minimum Gasteiger partial charge on any atom is -0.393 e. The van der Waals surface area contributed by atoms with Crippen molar-refractivity contribution in [2.24, 2.45) is 46.3 Å². The number of rotatable bonds is 10. The first-order valence-corrected chi connectivity index (χ1v) is 19.2. The Morgan fingerprint density at radius 1 is 0.784 bits per heavy atom. The maximum absolute atomic E-state index is 12.8. The molecule has 14 nitrogen and oxygen atoms in total. The number of hydrogen-bond donors (Lipinski definition) is 9. The summed E-state index contributed by atoms with van der Waals surface area (Å²) in [7, 11) is 1.39. The van der Waals surface area contributed by atoms with Crippen LogP contribution in [0.15, 0.2) is 0 Å². The molecule has 21 atom stereocenters. The largest absolute Gasteiger partial charge is 0.393 e. The molecule has 2 aliphatic heterocycles. The highest BCUT2D eigenvalue weighted by Crippen LogP contribution is 2.70. The summed E-state index contributed by atoms with van der Waals surface area (Å²) in [5.41, 5.74) is -2.40. The van der Waals surface area contributed by atoms with E-state index < -0.39 is 102 Å². The van der Waals surface area contributed by atoms with Crippen molar-refractivity contribution in [3.05, 3.63) is 0 Å². The van der Waals surface area contributed by atoms with Crippen molar-refractivity contribution >= 4 is 0 Å². The molecule has 0 bridgehead atoms. The van der Waals surface area contributed by atoms with Crippen molar-refractivity contribution in [3.8, 4) is 0 Å². The Morgan fingerprint density at radius 3 is 2.10 bits per heavy atom. The van der Waals surface area contributed by atoms with Gasteiger partial charge in [0, 0.05) is 25.4 Å². The molecule has 0 amide bonds. The fourth-order valence-corrected chi connectivity index (χ4v) is 12.1. The second-order valence-electron chi connectivity index (χ2n) is 17.8. The lowest BCUT2D eigenvalue weighted by Crippen LogP contribution is -2.71. The van der Waals surface area contributed by atoms with E-state index in [-0.39, 0.29) is 42.8 Å². The van der Waals surface area contributed by atoms with Gasteiger partial charge in [-0.3, -0.25) is 0 Å². The summed E-state index contributed by atoms with van der Waals surface area (Å²) < 4.78 is 28.5. The van der Waals surface area contributed by atoms with Crippen LogP contribution in [0.2, 0.25) is 0 Å². The molecule has 0 aromatic carbocycles. The number of hydrogen-bond acceptors (Lipinski definition) is 14. The zero-order valence-corrected chi connectivity index (χ0v) is 30.9. The second-order valence-corrected chi connectivity index (χ2v) is 17.8. The van der Waals surface area contributed by atoms with E-state index in [0.717, 1.165) is 12.8 Å². The van der Waals surface area contributed by atoms with Gasteiger partial charge in [-0.15, -0.1) is 0 Å². The van der Waals surface area contributed by atoms with Crippen LogP contribution in [0, 0.1) is 46.3 Å². The predicted octanol–water partition coefficient (Wildman–Crippen LogP) is 0.00490. The summed E-state index contributed by atoms with van der Waals surface area (Å²) in [4.78, 5) is 0. The van der Waals surface area contributed by atoms with Gasteiger partial charge >= 0.3 is 0 Å². The Bertz CT molecular complexity index is 1190. The summed E-state index contributed by atoms with van der Waals surface area (Å²) in [5, 5.41) is 98.7. The molecular weight excluding hydrogens is 668 g/mol. The number of methoxy groups -OCH3 is 1. The van der Waals surface area contributed by atoms with Gasteiger partial charge in [0.15, 0.2) is 18.9 Å². The van der Waals surface area contributed by atoms with Crippen LogP contribution < -0.4 is 0 Å². The molecule has 9 N–H and O–H groups in total. The third-order valence-corrected chi connectivity index (χ3v) is 14.6. The van der Waals surface area contributed by atoms with Gasteiger partial charge < -0.3 is 69.6 Å². The summed E-state index contributed by atoms with van der Waals surface area (Å²) in [6.45, 7) is 10.3. The summed E-state index contributed by atoms with van der Waals surface area (Å²) >= 11 is 0. The van der Waals surface area contributed by atoms with Crippen molar-refractivity contribution in [2.75, 3.05) is 13.7 Å². The van der Waals surface area contributed by atoms with E-state index in [1.54, 1.807) is 0 Å². The quantitative estimate of drug-likeness (QED) is 0.135. The Morgan fingerprint density at radius 2 is 1.47 bits per heavy atom. The molecule has 4 aliphatic carbocycles. The molecule has 0 aromatic rings. The lowest BCUT2D eigenvalue weighted by Gasteiger charge is -2.66. The fraction of sp³-hybridized carbons (Fsp3) is 1.00. The van der Waals surface area contributed by atoms with Crippen LogP contribution in [-0.4, -0.2) is 145 Å². The molecule has 14 heteroatoms. The van der Waals surface area contributed by atoms with Gasteiger partial charge in [0.2, 0.25) is 0 Å². The first-order chi connectivity index (χ1) is 23.9. The normalized spacial score (nSPS) is 54.1. The van der Waals surface area contributed by atoms with Gasteiger partial charge in [0.25, 0.3) is 0 Å². The number of aliphatic hydroxyl groups excluding tert-OH is 8. The molecule has 296 valence electrons. The highest BCUT2D eigenvalue weighted by Gasteiger charge is 2.72. The van der Waals surface area contributed by atoms with Crippen LogP contribution in [-0.2, 0) is 23.7 Å². The van der Waals surface area contributed by atoms with E-state index in [1.807, 2.05) is 20.8 Å². The van der Waals surface area contributed by atoms with Crippen LogP contribution in [0.4, 0.5) is 0 Å². The topological polar surface area (TPSA) is 228 Å². The standard InChI is InChI=1S/C37H64O14/c1-16(2)22(49-33-29(44)28(43)32(45)51-33)8-7-17(3)18-13-19(38)31-35(18,4)12-10-24-36(5)11-9-23(27(42)25(36)20(39)14-37(24,31)46)50-34-30(47-6)26(41)21(40)15-48-34/h16-34,38-46H,7-15H2,1-6H3/t17-,18-,19+,20-,21-,22+,23+,24-,25+,26?,27+,28?,29?,30?,31-,32-,33-,34+,35-,36-,37+/m1/s1. The molecule has 4 unspecified atom stereocenters. The molecule has 0 aromatic heterocycles. The number of fused-ring (bicyclic) bond motifs is 5. The van der Waals surface area contributed by atoms with Gasteiger partial charge in [-0.25, -0.2) is 0 Å². The van der Waals surface area contributed by atoms with Gasteiger partial charge in [0.05, 0.1) is 42.7 Å². The van der Waals surface area contributed by atoms with Crippen LogP contribution in [0.3, 0.4) is 0 Å². The van der Waals surface area contributed by atoms with Crippen LogP contribution >= 0.6 is 0 Å². The highest BCUT2D eigenvalue weighted by molar-refractivity contribution is 5.21. The molecule has 51 heavy (non-hydrogen) atoms. The van der Waals surface area contributed by atoms with E-state index in [4.69, 9.17) is 23.7 Å². The first kappa shape index (κ1) is 40.1. The molecular formula is C37H64O14. The minimum atomic E-state index is -1.51. The monoisotopic (exact) mass is 732 g/mol. The highest BCUT2D eigenvalue weighted by atomic mass is 16.8. The molecule has 4 saturated carbocycles. The zero-order valence-electron chi connectivity index (χ0n) is 30.9. The predicted molar refractivity (Wildman–Crippen MR) is 179 cm³/mol. The van der Waals surface area contributed by atoms with Gasteiger partial charge in [-0.1, -0.05) is 34.6 Å². The van der Waals surface area contributed by atoms with E-state index in [1.165, 1.54) is 7.11 Å². The van der Waals surface area contributed by atoms with E-state index in [2.05, 4.69) is 13.8 Å². The molecule has 0 radical (unpaired) electrons. The zero-order chi connectivity index (χ0) is 37.4. The second kappa shape index (κ2) is 14.8. The van der Waals surface area contributed by atoms with Crippen molar-refractivity contribution in [1.82, 2.24) is 0 Å². The van der Waals surface area contributed by atoms with Crippen molar-refractivity contribution in [3.63, 3.8) is 0 Å². The summed E-state index contributed by atoms with van der Waals surface area (Å²) in [5.74, 6) is -1.04. The van der Waals surface area contributed by atoms with Gasteiger partial charge in [-0.2, -0.15) is 0 Å². The molecule has 6 aliphatic rings. The van der Waals surface area contributed by atoms with Gasteiger partial charge in [0.1, 0.15) is 30.5 Å². The Kier molecular flexibility index (Phi) is 11.7. The smallest absolute Gasteiger partial charge is 0.189 e.